The molecule has 164 valence electrons. The van der Waals surface area contributed by atoms with E-state index in [0.29, 0.717) is 23.6 Å². The Bertz CT molecular complexity index is 1350. The average molecular weight is 437 g/mol. The van der Waals surface area contributed by atoms with Gasteiger partial charge in [0.1, 0.15) is 5.82 Å². The van der Waals surface area contributed by atoms with E-state index in [4.69, 9.17) is 5.73 Å². The van der Waals surface area contributed by atoms with E-state index >= 15 is 0 Å². The van der Waals surface area contributed by atoms with Gasteiger partial charge in [-0.15, -0.1) is 0 Å². The zero-order chi connectivity index (χ0) is 22.7. The van der Waals surface area contributed by atoms with Crippen molar-refractivity contribution in [3.05, 3.63) is 99.5 Å². The summed E-state index contributed by atoms with van der Waals surface area (Å²) in [7, 11) is 0. The van der Waals surface area contributed by atoms with Gasteiger partial charge < -0.3 is 10.8 Å². The number of hydrogen-bond donors (Lipinski definition) is 2. The van der Waals surface area contributed by atoms with Crippen LogP contribution in [0.5, 0.6) is 0 Å². The summed E-state index contributed by atoms with van der Waals surface area (Å²) in [6, 6.07) is 19.5. The molecule has 0 unspecified atom stereocenters. The zero-order valence-electron chi connectivity index (χ0n) is 17.6. The molecule has 0 saturated heterocycles. The molecule has 8 nitrogen and oxygen atoms in total. The van der Waals surface area contributed by atoms with E-state index in [1.54, 1.807) is 28.9 Å². The van der Waals surface area contributed by atoms with Crippen molar-refractivity contribution in [2.24, 2.45) is 0 Å². The van der Waals surface area contributed by atoms with Crippen LogP contribution in [0.3, 0.4) is 0 Å². The van der Waals surface area contributed by atoms with Gasteiger partial charge in [0.05, 0.1) is 23.5 Å². The normalized spacial score (nSPS) is 10.6. The van der Waals surface area contributed by atoms with E-state index in [0.717, 1.165) is 23.2 Å². The Morgan fingerprint density at radius 3 is 2.45 bits per heavy atom. The number of aryl methyl sites for hydroxylation is 3. The van der Waals surface area contributed by atoms with E-state index in [2.05, 4.69) is 10.2 Å². The summed E-state index contributed by atoms with van der Waals surface area (Å²) >= 11 is 0. The van der Waals surface area contributed by atoms with Gasteiger partial charge in [-0.25, -0.2) is 14.2 Å². The molecule has 9 heteroatoms. The summed E-state index contributed by atoms with van der Waals surface area (Å²) in [6.07, 6.45) is 0.751. The summed E-state index contributed by atoms with van der Waals surface area (Å²) in [4.78, 5) is 23.6. The Kier molecular flexibility index (Phi) is 7.54. The molecule has 0 fully saturated rings. The van der Waals surface area contributed by atoms with E-state index in [9.17, 15) is 14.7 Å². The first-order chi connectivity index (χ1) is 15.4. The van der Waals surface area contributed by atoms with Crippen LogP contribution < -0.4 is 11.3 Å². The predicted molar refractivity (Wildman–Crippen MR) is 129 cm³/mol. The van der Waals surface area contributed by atoms with Gasteiger partial charge in [-0.1, -0.05) is 30.3 Å². The van der Waals surface area contributed by atoms with Crippen molar-refractivity contribution >= 4 is 30.6 Å². The molecule has 0 aliphatic heterocycles. The van der Waals surface area contributed by atoms with Crippen molar-refractivity contribution in [2.45, 2.75) is 26.4 Å². The van der Waals surface area contributed by atoms with Crippen molar-refractivity contribution in [3.63, 3.8) is 0 Å². The number of carbonyl (C=O) groups is 1. The number of carboxylic acids is 1. The van der Waals surface area contributed by atoms with Crippen LogP contribution in [0.4, 0.5) is 5.82 Å². The number of aromatic carboxylic acids is 1. The average Bonchev–Trinajstić information content (AvgIpc) is 3.11. The van der Waals surface area contributed by atoms with Gasteiger partial charge in [0, 0.05) is 24.2 Å². The number of carboxylic acid groups (broad SMARTS) is 1. The van der Waals surface area contributed by atoms with E-state index < -0.39 is 5.97 Å². The number of nitrogens with two attached hydrogens (primary N) is 1. The molecule has 0 bridgehead atoms. The predicted octanol–water partition coefficient (Wildman–Crippen LogP) is 2.34. The summed E-state index contributed by atoms with van der Waals surface area (Å²) in [6.45, 7) is 2.76. The Morgan fingerprint density at radius 2 is 1.73 bits per heavy atom. The number of nitrogen functional groups attached to an aromatic ring is 1. The van der Waals surface area contributed by atoms with E-state index in [1.807, 2.05) is 37.3 Å². The molecular formula is C24H24LiN5O3. The Labute approximate surface area is 202 Å². The molecule has 4 aromatic rings. The molecule has 3 N–H and O–H groups in total. The van der Waals surface area contributed by atoms with Gasteiger partial charge >= 0.3 is 24.8 Å². The molecule has 33 heavy (non-hydrogen) atoms. The van der Waals surface area contributed by atoms with Crippen molar-refractivity contribution in [1.29, 1.82) is 0 Å². The van der Waals surface area contributed by atoms with Crippen LogP contribution in [0.25, 0.3) is 11.3 Å². The fraction of sp³-hybridized carbons (Fsp3) is 0.167. The first-order valence-electron chi connectivity index (χ1n) is 10.2. The third-order valence-electron chi connectivity index (χ3n) is 5.14. The van der Waals surface area contributed by atoms with Crippen LogP contribution in [0.2, 0.25) is 0 Å². The van der Waals surface area contributed by atoms with Crippen molar-refractivity contribution < 1.29 is 9.90 Å². The minimum absolute atomic E-state index is 0. The van der Waals surface area contributed by atoms with Crippen LogP contribution in [-0.4, -0.2) is 49.5 Å². The summed E-state index contributed by atoms with van der Waals surface area (Å²) in [5, 5.41) is 18.1. The Morgan fingerprint density at radius 1 is 0.970 bits per heavy atom. The van der Waals surface area contributed by atoms with Gasteiger partial charge in [0.25, 0.3) is 5.56 Å². The molecule has 0 aliphatic carbocycles. The topological polar surface area (TPSA) is 116 Å². The second kappa shape index (κ2) is 10.3. The van der Waals surface area contributed by atoms with Gasteiger partial charge in [-0.05, 0) is 48.7 Å². The third kappa shape index (κ3) is 5.80. The zero-order valence-corrected chi connectivity index (χ0v) is 17.6. The summed E-state index contributed by atoms with van der Waals surface area (Å²) < 4.78 is 3.13. The Balaban J connectivity index is 0.00000306. The van der Waals surface area contributed by atoms with Crippen LogP contribution >= 0.6 is 0 Å². The molecule has 0 aliphatic rings. The minimum atomic E-state index is -1.01. The molecule has 2 aromatic carbocycles. The fourth-order valence-electron chi connectivity index (χ4n) is 3.56. The van der Waals surface area contributed by atoms with Gasteiger partial charge in [0.15, 0.2) is 0 Å². The van der Waals surface area contributed by atoms with Crippen LogP contribution in [0.1, 0.15) is 27.2 Å². The second-order valence-corrected chi connectivity index (χ2v) is 7.60. The standard InChI is InChI=1S/C24H23N5O3.Li.H/c1-16-12-22(25)28(26-16)11-10-17-4-2-6-19(13-17)21-8-9-23(30)29(27-21)15-18-5-3-7-20(14-18)24(31)32;;/h2-9,12-14H,10-11,15,25H2,1H3,(H,31,32);;. The van der Waals surface area contributed by atoms with Gasteiger partial charge in [-0.3, -0.25) is 4.79 Å². The molecular weight excluding hydrogens is 413 g/mol. The fourth-order valence-corrected chi connectivity index (χ4v) is 3.56. The van der Waals surface area contributed by atoms with Crippen molar-refractivity contribution in [2.75, 3.05) is 5.73 Å². The molecule has 2 aromatic heterocycles. The first-order valence-corrected chi connectivity index (χ1v) is 10.2. The van der Waals surface area contributed by atoms with Crippen LogP contribution in [-0.2, 0) is 19.5 Å². The molecule has 0 atom stereocenters. The van der Waals surface area contributed by atoms with E-state index in [-0.39, 0.29) is 36.5 Å². The number of benzene rings is 2. The molecule has 2 heterocycles. The number of rotatable bonds is 7. The molecule has 4 rings (SSSR count). The molecule has 0 amide bonds. The summed E-state index contributed by atoms with van der Waals surface area (Å²) in [5.74, 6) is -0.371. The maximum atomic E-state index is 12.3. The molecule has 0 radical (unpaired) electrons. The van der Waals surface area contributed by atoms with Crippen molar-refractivity contribution in [1.82, 2.24) is 19.6 Å². The quantitative estimate of drug-likeness (QED) is 0.429. The Hall–Kier alpha value is -3.60. The monoisotopic (exact) mass is 437 g/mol. The SMILES string of the molecule is Cc1cc(N)n(CCc2cccc(-c3ccc(=O)n(Cc4cccc(C(=O)O)c4)n3)c2)n1.[LiH]. The number of hydrogen-bond acceptors (Lipinski definition) is 5. The molecule has 0 spiro atoms. The van der Waals surface area contributed by atoms with E-state index in [1.165, 1.54) is 16.8 Å². The molecule has 0 saturated carbocycles. The maximum absolute atomic E-state index is 12.3. The van der Waals surface area contributed by atoms with Crippen LogP contribution in [0.15, 0.2) is 71.5 Å². The van der Waals surface area contributed by atoms with Gasteiger partial charge in [-0.2, -0.15) is 10.2 Å². The summed E-state index contributed by atoms with van der Waals surface area (Å²) in [5.41, 5.74) is 10.1. The third-order valence-corrected chi connectivity index (χ3v) is 5.14. The first kappa shape index (κ1) is 24.0. The van der Waals surface area contributed by atoms with Crippen molar-refractivity contribution in [3.8, 4) is 11.3 Å². The number of anilines is 1. The van der Waals surface area contributed by atoms with Gasteiger partial charge in [0.2, 0.25) is 0 Å². The second-order valence-electron chi connectivity index (χ2n) is 7.60. The van der Waals surface area contributed by atoms with Crippen LogP contribution in [0, 0.1) is 6.92 Å². The number of nitrogens with zero attached hydrogens (tertiary/aromatic N) is 4. The number of aromatic nitrogens is 4.